The molecule has 3 fully saturated rings. The molecule has 2 saturated heterocycles. The van der Waals surface area contributed by atoms with Gasteiger partial charge in [-0.1, -0.05) is 115 Å². The van der Waals surface area contributed by atoms with E-state index in [2.05, 4.69) is 58.1 Å². The maximum absolute atomic E-state index is 15.3. The Labute approximate surface area is 469 Å². The number of aromatic nitrogens is 1. The summed E-state index contributed by atoms with van der Waals surface area (Å²) in [5.74, 6) is -2.23. The van der Waals surface area contributed by atoms with E-state index in [0.29, 0.717) is 89.0 Å². The Hall–Kier alpha value is -5.22. The van der Waals surface area contributed by atoms with Crippen LogP contribution in [0.4, 0.5) is 5.69 Å². The highest BCUT2D eigenvalue weighted by molar-refractivity contribution is 5.95. The van der Waals surface area contributed by atoms with Gasteiger partial charge in [0.2, 0.25) is 5.60 Å². The van der Waals surface area contributed by atoms with Crippen LogP contribution in [0.3, 0.4) is 0 Å². The summed E-state index contributed by atoms with van der Waals surface area (Å²) in [6, 6.07) is 11.0. The lowest BCUT2D eigenvalue weighted by Crippen LogP contribution is -2.81. The monoisotopic (exact) mass is 1090 g/mol. The van der Waals surface area contributed by atoms with Gasteiger partial charge in [-0.15, -0.1) is 0 Å². The number of para-hydroxylation sites is 1. The van der Waals surface area contributed by atoms with E-state index in [1.807, 2.05) is 50.1 Å². The van der Waals surface area contributed by atoms with Crippen LogP contribution in [-0.2, 0) is 50.6 Å². The van der Waals surface area contributed by atoms with Gasteiger partial charge in [-0.3, -0.25) is 24.2 Å². The third-order valence-electron chi connectivity index (χ3n) is 19.3. The molecule has 1 spiro atoms. The minimum absolute atomic E-state index is 0.0986. The fraction of sp³-hybridized carbons (Fsp3) is 0.656. The molecule has 1 saturated carbocycles. The Bertz CT molecular complexity index is 2700. The molecule has 0 amide bonds. The molecule has 4 N–H and O–H groups in total. The molecule has 1 aliphatic carbocycles. The number of rotatable bonds is 22. The molecule has 15 heteroatoms. The number of ether oxygens (including phenoxy) is 4. The number of piperidine rings is 1. The van der Waals surface area contributed by atoms with Crippen LogP contribution in [0.5, 0.6) is 5.75 Å². The zero-order valence-corrected chi connectivity index (χ0v) is 48.7. The number of H-pyrrole nitrogens is 1. The van der Waals surface area contributed by atoms with Crippen LogP contribution >= 0.6 is 0 Å². The number of carbonyl (C=O) groups is 4. The van der Waals surface area contributed by atoms with E-state index >= 15 is 4.79 Å². The van der Waals surface area contributed by atoms with Gasteiger partial charge in [0.25, 0.3) is 0 Å². The molecular formula is C64H92N4O11. The highest BCUT2D eigenvalue weighted by atomic mass is 16.6. The summed E-state index contributed by atoms with van der Waals surface area (Å²) in [6.45, 7) is 10.9. The SMILES string of the molecule is CCCCCCCC/C=C\CCCCCCCC(=O)O.CC[C@]1(O)C[C@@H]2C[N@@](CCc3c([nH]c4ccccc34)[C@@](C(=O)OC)(c3cc4c(cc3OC)N(C)[C@H]3[C@@](O)(C(=O)OC)[C@H](OC(C)=O)[C@]5(CC)C=CCN6CC[C@]43[C@@H]65)C2)C1. The van der Waals surface area contributed by atoms with Crippen LogP contribution in [0.1, 0.15) is 172 Å². The largest absolute Gasteiger partial charge is 0.496 e. The van der Waals surface area contributed by atoms with Crippen molar-refractivity contribution in [3.63, 3.8) is 0 Å². The summed E-state index contributed by atoms with van der Waals surface area (Å²) in [4.78, 5) is 63.5. The van der Waals surface area contributed by atoms with E-state index in [1.54, 1.807) is 7.11 Å². The number of unbranched alkanes of at least 4 members (excludes halogenated alkanes) is 11. The van der Waals surface area contributed by atoms with Crippen molar-refractivity contribution < 1.29 is 53.4 Å². The average Bonchev–Trinajstić information content (AvgIpc) is 2.03. The van der Waals surface area contributed by atoms with Crippen LogP contribution < -0.4 is 9.64 Å². The van der Waals surface area contributed by atoms with Gasteiger partial charge in [0.05, 0.1) is 33.0 Å². The Kier molecular flexibility index (Phi) is 19.2. The molecule has 1 aromatic heterocycles. The molecule has 6 heterocycles. The van der Waals surface area contributed by atoms with Crippen LogP contribution in [0.2, 0.25) is 0 Å². The molecule has 2 bridgehead atoms. The molecule has 10 atom stereocenters. The fourth-order valence-corrected chi connectivity index (χ4v) is 15.9. The summed E-state index contributed by atoms with van der Waals surface area (Å²) in [5, 5.41) is 34.8. The smallest absolute Gasteiger partial charge is 0.344 e. The van der Waals surface area contributed by atoms with Gasteiger partial charge in [0.1, 0.15) is 11.2 Å². The van der Waals surface area contributed by atoms with Gasteiger partial charge in [-0.2, -0.15) is 0 Å². The van der Waals surface area contributed by atoms with E-state index in [9.17, 15) is 24.6 Å². The summed E-state index contributed by atoms with van der Waals surface area (Å²) in [5.41, 5.74) is -1.62. The molecule has 6 aliphatic rings. The number of carboxylic acids is 1. The number of hydrogen-bond acceptors (Lipinski definition) is 13. The standard InChI is InChI=1S/C46H58N4O9.C18H34O2/c1-8-42(54)23-28-24-45(40(52)57-6,36-30(15-19-49(25-28)26-42)29-13-10-11-14-33(29)47-36)32-21-31-34(22-35(32)56-5)48(4)38-44(31)17-20-50-18-12-16-43(9-2,37(44)50)39(59-27(3)51)46(38,55)41(53)58-7;1-2-3-4-5-6-7-8-9-10-11-12-13-14-15-16-17-18(19)20/h10-14,16,21-22,28,37-39,47,54-55H,8-9,15,17-20,23-26H2,1-7H3;9-10H,2-8,11-17H2,1H3,(H,19,20)/b;10-9-/t28-,37-,38+,39+,42-,43+,44+,45-,46-;/m0./s1. The summed E-state index contributed by atoms with van der Waals surface area (Å²) in [6.07, 6.45) is 27.2. The van der Waals surface area contributed by atoms with Crippen molar-refractivity contribution in [2.45, 2.75) is 196 Å². The zero-order valence-electron chi connectivity index (χ0n) is 48.7. The zero-order chi connectivity index (χ0) is 56.8. The van der Waals surface area contributed by atoms with Crippen molar-refractivity contribution in [1.29, 1.82) is 0 Å². The Morgan fingerprint density at radius 2 is 1.49 bits per heavy atom. The first-order chi connectivity index (χ1) is 38.0. The van der Waals surface area contributed by atoms with Crippen molar-refractivity contribution >= 4 is 40.5 Å². The number of carboxylic acid groups (broad SMARTS) is 1. The van der Waals surface area contributed by atoms with E-state index in [0.717, 1.165) is 46.3 Å². The average molecular weight is 1090 g/mol. The second-order valence-corrected chi connectivity index (χ2v) is 23.9. The number of esters is 3. The number of fused-ring (bicyclic) bond motifs is 6. The Morgan fingerprint density at radius 1 is 0.810 bits per heavy atom. The van der Waals surface area contributed by atoms with Gasteiger partial charge < -0.3 is 44.2 Å². The predicted octanol–water partition coefficient (Wildman–Crippen LogP) is 10.1. The predicted molar refractivity (Wildman–Crippen MR) is 308 cm³/mol. The molecule has 9 rings (SSSR count). The molecular weight excluding hydrogens is 1000 g/mol. The minimum Gasteiger partial charge on any atom is -0.496 e. The third kappa shape index (κ3) is 11.0. The number of hydrogen-bond donors (Lipinski definition) is 4. The molecule has 2 aromatic carbocycles. The van der Waals surface area contributed by atoms with E-state index in [4.69, 9.17) is 24.1 Å². The topological polar surface area (TPSA) is 191 Å². The lowest BCUT2D eigenvalue weighted by atomic mass is 9.47. The van der Waals surface area contributed by atoms with Gasteiger partial charge in [0, 0.05) is 97.4 Å². The minimum atomic E-state index is -2.30. The third-order valence-corrected chi connectivity index (χ3v) is 19.3. The number of aliphatic hydroxyl groups is 2. The number of likely N-dealkylation sites (N-methyl/N-ethyl adjacent to an activating group) is 1. The maximum atomic E-state index is 15.3. The number of methoxy groups -OCH3 is 3. The molecule has 79 heavy (non-hydrogen) atoms. The second kappa shape index (κ2) is 25.3. The van der Waals surface area contributed by atoms with Crippen LogP contribution in [-0.4, -0.2) is 144 Å². The number of anilines is 1. The number of benzene rings is 2. The molecule has 5 aliphatic heterocycles. The van der Waals surface area contributed by atoms with Gasteiger partial charge in [-0.25, -0.2) is 4.79 Å². The number of carbonyl (C=O) groups excluding carboxylic acids is 3. The maximum Gasteiger partial charge on any atom is 0.344 e. The first-order valence-electron chi connectivity index (χ1n) is 29.9. The summed E-state index contributed by atoms with van der Waals surface area (Å²) >= 11 is 0. The van der Waals surface area contributed by atoms with Gasteiger partial charge in [-0.05, 0) is 106 Å². The van der Waals surface area contributed by atoms with E-state index < -0.39 is 63.5 Å². The van der Waals surface area contributed by atoms with Crippen molar-refractivity contribution in [2.75, 3.05) is 66.0 Å². The van der Waals surface area contributed by atoms with Crippen LogP contribution in [0.15, 0.2) is 60.7 Å². The highest BCUT2D eigenvalue weighted by Crippen LogP contribution is 2.68. The van der Waals surface area contributed by atoms with Crippen molar-refractivity contribution in [3.8, 4) is 5.75 Å². The number of nitrogens with one attached hydrogen (secondary N) is 1. The Balaban J connectivity index is 0.000000351. The lowest BCUT2D eigenvalue weighted by Gasteiger charge is -2.63. The first kappa shape index (κ1) is 59.9. The fourth-order valence-electron chi connectivity index (χ4n) is 15.9. The molecule has 0 unspecified atom stereocenters. The highest BCUT2D eigenvalue weighted by Gasteiger charge is 2.80. The number of nitrogens with zero attached hydrogens (tertiary/aromatic N) is 3. The number of aromatic amines is 1. The molecule has 434 valence electrons. The summed E-state index contributed by atoms with van der Waals surface area (Å²) in [7, 11) is 6.15. The lowest BCUT2D eigenvalue weighted by molar-refractivity contribution is -0.228. The number of allylic oxidation sites excluding steroid dienone is 2. The summed E-state index contributed by atoms with van der Waals surface area (Å²) < 4.78 is 23.9. The quantitative estimate of drug-likeness (QED) is 0.0322. The van der Waals surface area contributed by atoms with Crippen molar-refractivity contribution in [2.24, 2.45) is 11.3 Å². The normalized spacial score (nSPS) is 30.5. The molecule has 0 radical (unpaired) electrons. The number of aliphatic carboxylic acids is 1. The Morgan fingerprint density at radius 3 is 2.14 bits per heavy atom. The van der Waals surface area contributed by atoms with Gasteiger partial charge >= 0.3 is 23.9 Å². The first-order valence-corrected chi connectivity index (χ1v) is 29.9. The van der Waals surface area contributed by atoms with Gasteiger partial charge in [0.15, 0.2) is 6.10 Å². The van der Waals surface area contributed by atoms with E-state index in [1.165, 1.54) is 91.8 Å². The van der Waals surface area contributed by atoms with Crippen molar-refractivity contribution in [1.82, 2.24) is 14.8 Å². The van der Waals surface area contributed by atoms with Crippen LogP contribution in [0.25, 0.3) is 10.9 Å². The second-order valence-electron chi connectivity index (χ2n) is 23.9. The molecule has 15 nitrogen and oxygen atoms in total. The van der Waals surface area contributed by atoms with E-state index in [-0.39, 0.29) is 12.0 Å². The van der Waals surface area contributed by atoms with Crippen LogP contribution in [0, 0.1) is 11.3 Å². The van der Waals surface area contributed by atoms with Crippen molar-refractivity contribution in [3.05, 3.63) is 83.1 Å². The molecule has 3 aromatic rings.